The number of esters is 1. The first-order valence-corrected chi connectivity index (χ1v) is 6.67. The second-order valence-electron chi connectivity index (χ2n) is 4.81. The molecule has 0 aliphatic heterocycles. The van der Waals surface area contributed by atoms with Crippen molar-refractivity contribution in [2.75, 3.05) is 12.4 Å². The van der Waals surface area contributed by atoms with Crippen LogP contribution < -0.4 is 11.1 Å². The van der Waals surface area contributed by atoms with Crippen molar-refractivity contribution in [2.24, 2.45) is 5.73 Å². The van der Waals surface area contributed by atoms with E-state index in [0.29, 0.717) is 12.1 Å². The van der Waals surface area contributed by atoms with Crippen LogP contribution in [0.15, 0.2) is 18.2 Å². The topological polar surface area (TPSA) is 81.4 Å². The highest BCUT2D eigenvalue weighted by molar-refractivity contribution is 6.34. The summed E-state index contributed by atoms with van der Waals surface area (Å²) in [5, 5.41) is 2.90. The summed E-state index contributed by atoms with van der Waals surface area (Å²) >= 11 is 5.98. The monoisotopic (exact) mass is 298 g/mol. The Morgan fingerprint density at radius 3 is 2.60 bits per heavy atom. The molecule has 0 aliphatic rings. The summed E-state index contributed by atoms with van der Waals surface area (Å²) < 4.78 is 4.59. The zero-order valence-electron chi connectivity index (χ0n) is 11.8. The van der Waals surface area contributed by atoms with E-state index in [2.05, 4.69) is 10.1 Å². The quantitative estimate of drug-likeness (QED) is 0.819. The predicted octanol–water partition coefficient (Wildman–Crippen LogP) is 2.58. The summed E-state index contributed by atoms with van der Waals surface area (Å²) in [4.78, 5) is 23.4. The number of methoxy groups -OCH3 is 1. The smallest absolute Gasteiger partial charge is 0.339 e. The van der Waals surface area contributed by atoms with Gasteiger partial charge >= 0.3 is 5.97 Å². The highest BCUT2D eigenvalue weighted by atomic mass is 35.5. The number of ether oxygens (including phenoxy) is 1. The van der Waals surface area contributed by atoms with Crippen LogP contribution in [0.2, 0.25) is 5.02 Å². The second kappa shape index (κ2) is 6.72. The minimum atomic E-state index is -0.942. The lowest BCUT2D eigenvalue weighted by Crippen LogP contribution is -2.48. The minimum absolute atomic E-state index is 0.212. The predicted molar refractivity (Wildman–Crippen MR) is 78.9 cm³/mol. The SMILES string of the molecule is CCCC(C)(N)C(=O)Nc1ccc(C(=O)OC)c(Cl)c1. The number of hydrogen-bond donors (Lipinski definition) is 2. The zero-order chi connectivity index (χ0) is 15.3. The minimum Gasteiger partial charge on any atom is -0.465 e. The van der Waals surface area contributed by atoms with Crippen LogP contribution in [0.3, 0.4) is 0 Å². The van der Waals surface area contributed by atoms with Gasteiger partial charge in [-0.2, -0.15) is 0 Å². The van der Waals surface area contributed by atoms with E-state index in [9.17, 15) is 9.59 Å². The number of halogens is 1. The van der Waals surface area contributed by atoms with Crippen LogP contribution in [0.25, 0.3) is 0 Å². The summed E-state index contributed by atoms with van der Waals surface area (Å²) in [5.41, 5.74) is 5.73. The standard InChI is InChI=1S/C14H19ClN2O3/c1-4-7-14(2,16)13(19)17-9-5-6-10(11(15)8-9)12(18)20-3/h5-6,8H,4,7,16H2,1-3H3,(H,17,19). The Labute approximate surface area is 123 Å². The van der Waals surface area contributed by atoms with Gasteiger partial charge < -0.3 is 15.8 Å². The van der Waals surface area contributed by atoms with Crippen LogP contribution in [-0.2, 0) is 9.53 Å². The molecule has 0 fully saturated rings. The molecule has 110 valence electrons. The molecule has 1 unspecified atom stereocenters. The number of nitrogens with one attached hydrogen (secondary N) is 1. The Bertz CT molecular complexity index is 515. The molecule has 1 atom stereocenters. The average Bonchev–Trinajstić information content (AvgIpc) is 2.38. The number of anilines is 1. The molecule has 20 heavy (non-hydrogen) atoms. The first-order valence-electron chi connectivity index (χ1n) is 6.30. The van der Waals surface area contributed by atoms with Crippen molar-refractivity contribution in [1.29, 1.82) is 0 Å². The van der Waals surface area contributed by atoms with Crippen molar-refractivity contribution in [1.82, 2.24) is 0 Å². The van der Waals surface area contributed by atoms with Crippen LogP contribution in [0, 0.1) is 0 Å². The van der Waals surface area contributed by atoms with Crippen LogP contribution >= 0.6 is 11.6 Å². The molecule has 0 aromatic heterocycles. The van der Waals surface area contributed by atoms with Crippen molar-refractivity contribution >= 4 is 29.2 Å². The second-order valence-corrected chi connectivity index (χ2v) is 5.21. The van der Waals surface area contributed by atoms with Gasteiger partial charge in [0.05, 0.1) is 23.2 Å². The van der Waals surface area contributed by atoms with Gasteiger partial charge in [0, 0.05) is 5.69 Å². The van der Waals surface area contributed by atoms with Gasteiger partial charge in [-0.25, -0.2) is 4.79 Å². The van der Waals surface area contributed by atoms with Crippen molar-refractivity contribution in [3.05, 3.63) is 28.8 Å². The van der Waals surface area contributed by atoms with E-state index in [1.165, 1.54) is 19.2 Å². The van der Waals surface area contributed by atoms with Gasteiger partial charge in [0.1, 0.15) is 0 Å². The van der Waals surface area contributed by atoms with E-state index >= 15 is 0 Å². The summed E-state index contributed by atoms with van der Waals surface area (Å²) in [5.74, 6) is -0.816. The van der Waals surface area contributed by atoms with Crippen molar-refractivity contribution in [2.45, 2.75) is 32.2 Å². The molecular formula is C14H19ClN2O3. The van der Waals surface area contributed by atoms with E-state index in [1.54, 1.807) is 13.0 Å². The fourth-order valence-electron chi connectivity index (χ4n) is 1.78. The van der Waals surface area contributed by atoms with Gasteiger partial charge in [-0.05, 0) is 31.5 Å². The summed E-state index contributed by atoms with van der Waals surface area (Å²) in [6.07, 6.45) is 1.38. The molecule has 0 saturated heterocycles. The van der Waals surface area contributed by atoms with Gasteiger partial charge in [0.25, 0.3) is 0 Å². The molecule has 6 heteroatoms. The lowest BCUT2D eigenvalue weighted by atomic mass is 9.96. The summed E-state index contributed by atoms with van der Waals surface area (Å²) in [6.45, 7) is 3.64. The Morgan fingerprint density at radius 1 is 1.45 bits per heavy atom. The Kier molecular flexibility index (Phi) is 5.53. The van der Waals surface area contributed by atoms with Gasteiger partial charge in [-0.1, -0.05) is 24.9 Å². The van der Waals surface area contributed by atoms with Crippen molar-refractivity contribution in [3.8, 4) is 0 Å². The maximum atomic E-state index is 12.0. The van der Waals surface area contributed by atoms with Crippen LogP contribution in [0.5, 0.6) is 0 Å². The number of rotatable bonds is 5. The fourth-order valence-corrected chi connectivity index (χ4v) is 2.03. The maximum Gasteiger partial charge on any atom is 0.339 e. The first-order chi connectivity index (χ1) is 9.31. The highest BCUT2D eigenvalue weighted by Gasteiger charge is 2.27. The number of carbonyl (C=O) groups excluding carboxylic acids is 2. The molecule has 0 bridgehead atoms. The lowest BCUT2D eigenvalue weighted by molar-refractivity contribution is -0.120. The molecule has 0 heterocycles. The molecule has 0 aliphatic carbocycles. The molecule has 1 amide bonds. The molecule has 0 radical (unpaired) electrons. The Balaban J connectivity index is 2.87. The fraction of sp³-hybridized carbons (Fsp3) is 0.429. The van der Waals surface area contributed by atoms with Gasteiger partial charge in [-0.3, -0.25) is 4.79 Å². The number of benzene rings is 1. The third kappa shape index (κ3) is 3.95. The summed E-state index contributed by atoms with van der Waals surface area (Å²) in [6, 6.07) is 4.57. The van der Waals surface area contributed by atoms with E-state index < -0.39 is 11.5 Å². The van der Waals surface area contributed by atoms with Gasteiger partial charge in [0.15, 0.2) is 0 Å². The van der Waals surface area contributed by atoms with Crippen LogP contribution in [0.4, 0.5) is 5.69 Å². The molecular weight excluding hydrogens is 280 g/mol. The van der Waals surface area contributed by atoms with Crippen molar-refractivity contribution < 1.29 is 14.3 Å². The third-order valence-electron chi connectivity index (χ3n) is 2.92. The highest BCUT2D eigenvalue weighted by Crippen LogP contribution is 2.22. The number of carbonyl (C=O) groups is 2. The largest absolute Gasteiger partial charge is 0.465 e. The molecule has 3 N–H and O–H groups in total. The summed E-state index contributed by atoms with van der Waals surface area (Å²) in [7, 11) is 1.28. The molecule has 0 spiro atoms. The maximum absolute atomic E-state index is 12.0. The number of nitrogens with two attached hydrogens (primary N) is 1. The van der Waals surface area contributed by atoms with Crippen LogP contribution in [-0.4, -0.2) is 24.5 Å². The van der Waals surface area contributed by atoms with Gasteiger partial charge in [0.2, 0.25) is 5.91 Å². The van der Waals surface area contributed by atoms with E-state index in [-0.39, 0.29) is 16.5 Å². The molecule has 0 saturated carbocycles. The first kappa shape index (κ1) is 16.5. The molecule has 1 rings (SSSR count). The Morgan fingerprint density at radius 2 is 2.10 bits per heavy atom. The van der Waals surface area contributed by atoms with E-state index in [4.69, 9.17) is 17.3 Å². The van der Waals surface area contributed by atoms with Crippen LogP contribution in [0.1, 0.15) is 37.0 Å². The van der Waals surface area contributed by atoms with Gasteiger partial charge in [-0.15, -0.1) is 0 Å². The zero-order valence-corrected chi connectivity index (χ0v) is 12.6. The number of hydrogen-bond acceptors (Lipinski definition) is 4. The Hall–Kier alpha value is -1.59. The van der Waals surface area contributed by atoms with E-state index in [1.807, 2.05) is 6.92 Å². The van der Waals surface area contributed by atoms with E-state index in [0.717, 1.165) is 6.42 Å². The van der Waals surface area contributed by atoms with Crippen molar-refractivity contribution in [3.63, 3.8) is 0 Å². The number of amides is 1. The molecule has 5 nitrogen and oxygen atoms in total. The lowest BCUT2D eigenvalue weighted by Gasteiger charge is -2.23. The normalized spacial score (nSPS) is 13.4. The average molecular weight is 299 g/mol. The molecule has 1 aromatic rings. The molecule has 1 aromatic carbocycles. The third-order valence-corrected chi connectivity index (χ3v) is 3.23.